The molecule has 7 heteroatoms. The molecule has 0 amide bonds. The number of benzene rings is 1. The van der Waals surface area contributed by atoms with Crippen molar-refractivity contribution in [1.82, 2.24) is 0 Å². The topological polar surface area (TPSA) is 60.4 Å². The number of hydrogen-bond donors (Lipinski definition) is 0. The predicted molar refractivity (Wildman–Crippen MR) is 87.1 cm³/mol. The molecule has 21 heavy (non-hydrogen) atoms. The third-order valence-electron chi connectivity index (χ3n) is 2.59. The van der Waals surface area contributed by atoms with Crippen molar-refractivity contribution in [2.45, 2.75) is 23.0 Å². The number of carbonyl (C=O) groups is 3. The van der Waals surface area contributed by atoms with Crippen molar-refractivity contribution in [3.63, 3.8) is 0 Å². The molecule has 4 nitrogen and oxygen atoms in total. The molecule has 0 radical (unpaired) electrons. The van der Waals surface area contributed by atoms with E-state index in [1.54, 1.807) is 31.2 Å². The molecule has 0 aliphatic rings. The molecule has 2 atom stereocenters. The molecule has 0 aromatic heterocycles. The van der Waals surface area contributed by atoms with E-state index in [-0.39, 0.29) is 11.4 Å². The molecule has 0 bridgehead atoms. The number of hydrogen-bond acceptors (Lipinski definition) is 4. The summed E-state index contributed by atoms with van der Waals surface area (Å²) in [7, 11) is 0. The minimum atomic E-state index is -0.983. The molecule has 0 unspecified atom stereocenters. The summed E-state index contributed by atoms with van der Waals surface area (Å²) in [5.74, 6) is -2.23. The van der Waals surface area contributed by atoms with Crippen molar-refractivity contribution in [3.05, 3.63) is 34.9 Å². The van der Waals surface area contributed by atoms with E-state index in [4.69, 9.17) is 11.6 Å². The summed E-state index contributed by atoms with van der Waals surface area (Å²) in [4.78, 5) is 33.8. The first-order chi connectivity index (χ1) is 9.86. The highest BCUT2D eigenvalue weighted by Gasteiger charge is 2.28. The summed E-state index contributed by atoms with van der Waals surface area (Å²) >= 11 is 12.4. The highest BCUT2D eigenvalue weighted by molar-refractivity contribution is 9.12. The summed E-state index contributed by atoms with van der Waals surface area (Å²) in [6, 6.07) is 6.96. The summed E-state index contributed by atoms with van der Waals surface area (Å²) in [6.07, 6.45) is -0.496. The fraction of sp³-hybridized carbons (Fsp3) is 0.357. The van der Waals surface area contributed by atoms with Crippen LogP contribution >= 0.6 is 43.5 Å². The maximum absolute atomic E-state index is 12.0. The van der Waals surface area contributed by atoms with Crippen LogP contribution in [0.1, 0.15) is 23.7 Å². The van der Waals surface area contributed by atoms with Crippen LogP contribution in [-0.4, -0.2) is 29.0 Å². The van der Waals surface area contributed by atoms with Gasteiger partial charge < -0.3 is 4.74 Å². The van der Waals surface area contributed by atoms with Crippen LogP contribution in [0, 0.1) is 0 Å². The Labute approximate surface area is 144 Å². The van der Waals surface area contributed by atoms with Gasteiger partial charge in [-0.15, -0.1) is 0 Å². The maximum atomic E-state index is 12.0. The molecule has 0 N–H and O–H groups in total. The van der Waals surface area contributed by atoms with E-state index in [1.165, 1.54) is 0 Å². The number of carbonyl (C=O) groups excluding carboxylic acids is 3. The number of ketones is 2. The van der Waals surface area contributed by atoms with E-state index in [9.17, 15) is 14.4 Å². The molecule has 0 aliphatic heterocycles. The molecule has 0 saturated heterocycles. The van der Waals surface area contributed by atoms with Gasteiger partial charge in [-0.2, -0.15) is 0 Å². The zero-order valence-electron chi connectivity index (χ0n) is 11.1. The van der Waals surface area contributed by atoms with Gasteiger partial charge in [-0.1, -0.05) is 55.6 Å². The van der Waals surface area contributed by atoms with Crippen molar-refractivity contribution in [3.8, 4) is 0 Å². The van der Waals surface area contributed by atoms with E-state index >= 15 is 0 Å². The zero-order valence-corrected chi connectivity index (χ0v) is 15.1. The van der Waals surface area contributed by atoms with E-state index < -0.39 is 28.8 Å². The molecule has 114 valence electrons. The van der Waals surface area contributed by atoms with Crippen molar-refractivity contribution >= 4 is 61.0 Å². The van der Waals surface area contributed by atoms with E-state index in [2.05, 4.69) is 36.6 Å². The Morgan fingerprint density at radius 3 is 2.29 bits per heavy atom. The van der Waals surface area contributed by atoms with Gasteiger partial charge in [0.25, 0.3) is 0 Å². The Balaban J connectivity index is 2.67. The Hall–Kier alpha value is -0.720. The Kier molecular flexibility index (Phi) is 7.56. The molecule has 1 aromatic rings. The fourth-order valence-corrected chi connectivity index (χ4v) is 2.71. The first kappa shape index (κ1) is 18.3. The van der Waals surface area contributed by atoms with Crippen molar-refractivity contribution < 1.29 is 19.1 Å². The van der Waals surface area contributed by atoms with Crippen LogP contribution in [0.2, 0.25) is 5.02 Å². The van der Waals surface area contributed by atoms with E-state index in [0.29, 0.717) is 5.02 Å². The molecular weight excluding hydrogens is 427 g/mol. The summed E-state index contributed by atoms with van der Waals surface area (Å²) in [5, 5.41) is 0.591. The third kappa shape index (κ3) is 5.52. The standard InChI is InChI=1S/C14H13Br2ClO4/c1-2-21-14(20)11(19)7-10(18)13(16)12(15)8-3-5-9(17)6-4-8/h3-6,12-13H,2,7H2,1H3/t12-,13+/m0/s1. The normalized spacial score (nSPS) is 13.3. The third-order valence-corrected chi connectivity index (χ3v) is 5.65. The van der Waals surface area contributed by atoms with Gasteiger partial charge in [-0.25, -0.2) is 4.79 Å². The van der Waals surface area contributed by atoms with Gasteiger partial charge in [0.05, 0.1) is 22.7 Å². The molecular formula is C14H13Br2ClO4. The van der Waals surface area contributed by atoms with Crippen LogP contribution in [0.15, 0.2) is 24.3 Å². The monoisotopic (exact) mass is 438 g/mol. The summed E-state index contributed by atoms with van der Waals surface area (Å²) < 4.78 is 4.56. The van der Waals surface area contributed by atoms with Gasteiger partial charge in [0.15, 0.2) is 5.78 Å². The molecule has 1 aromatic carbocycles. The van der Waals surface area contributed by atoms with Gasteiger partial charge in [-0.3, -0.25) is 9.59 Å². The second-order valence-corrected chi connectivity index (χ2v) is 6.55. The number of esters is 1. The average molecular weight is 441 g/mol. The van der Waals surface area contributed by atoms with Gasteiger partial charge in [0.2, 0.25) is 5.78 Å². The first-order valence-corrected chi connectivity index (χ1v) is 8.34. The van der Waals surface area contributed by atoms with Crippen LogP contribution in [-0.2, 0) is 19.1 Å². The highest BCUT2D eigenvalue weighted by atomic mass is 79.9. The summed E-state index contributed by atoms with van der Waals surface area (Å²) in [6.45, 7) is 1.69. The molecule has 0 aliphatic carbocycles. The Morgan fingerprint density at radius 2 is 1.76 bits per heavy atom. The van der Waals surface area contributed by atoms with Crippen LogP contribution in [0.3, 0.4) is 0 Å². The van der Waals surface area contributed by atoms with E-state index in [1.807, 2.05) is 0 Å². The summed E-state index contributed by atoms with van der Waals surface area (Å²) in [5.41, 5.74) is 0.832. The number of alkyl halides is 2. The molecule has 0 saturated carbocycles. The molecule has 0 fully saturated rings. The minimum absolute atomic E-state index is 0.0996. The van der Waals surface area contributed by atoms with Gasteiger partial charge in [0.1, 0.15) is 0 Å². The first-order valence-electron chi connectivity index (χ1n) is 6.13. The minimum Gasteiger partial charge on any atom is -0.460 e. The molecule has 0 heterocycles. The number of ether oxygens (including phenoxy) is 1. The van der Waals surface area contributed by atoms with Crippen LogP contribution in [0.25, 0.3) is 0 Å². The van der Waals surface area contributed by atoms with Gasteiger partial charge >= 0.3 is 5.97 Å². The highest BCUT2D eigenvalue weighted by Crippen LogP contribution is 2.33. The van der Waals surface area contributed by atoms with Gasteiger partial charge in [-0.05, 0) is 24.6 Å². The number of Topliss-reactive ketones (excluding diaryl/α,β-unsaturated/α-hetero) is 2. The van der Waals surface area contributed by atoms with Crippen molar-refractivity contribution in [1.29, 1.82) is 0 Å². The second-order valence-electron chi connectivity index (χ2n) is 4.14. The fourth-order valence-electron chi connectivity index (χ4n) is 1.52. The Morgan fingerprint density at radius 1 is 1.19 bits per heavy atom. The smallest absolute Gasteiger partial charge is 0.375 e. The van der Waals surface area contributed by atoms with E-state index in [0.717, 1.165) is 5.56 Å². The van der Waals surface area contributed by atoms with Crippen molar-refractivity contribution in [2.75, 3.05) is 6.61 Å². The number of rotatable bonds is 7. The van der Waals surface area contributed by atoms with Crippen LogP contribution < -0.4 is 0 Å². The second kappa shape index (κ2) is 8.66. The van der Waals surface area contributed by atoms with Crippen LogP contribution in [0.5, 0.6) is 0 Å². The number of halogens is 3. The van der Waals surface area contributed by atoms with Gasteiger partial charge in [0, 0.05) is 5.02 Å². The van der Waals surface area contributed by atoms with Crippen LogP contribution in [0.4, 0.5) is 0 Å². The predicted octanol–water partition coefficient (Wildman–Crippen LogP) is 3.63. The van der Waals surface area contributed by atoms with Crippen molar-refractivity contribution in [2.24, 2.45) is 0 Å². The lowest BCUT2D eigenvalue weighted by atomic mass is 10.0. The lowest BCUT2D eigenvalue weighted by Crippen LogP contribution is -2.26. The molecule has 1 rings (SSSR count). The SMILES string of the molecule is CCOC(=O)C(=O)CC(=O)[C@@H](Br)[C@@H](Br)c1ccc(Cl)cc1. The lowest BCUT2D eigenvalue weighted by Gasteiger charge is -2.15. The lowest BCUT2D eigenvalue weighted by molar-refractivity contribution is -0.154. The largest absolute Gasteiger partial charge is 0.460 e. The quantitative estimate of drug-likeness (QED) is 0.281. The Bertz CT molecular complexity index is 530. The maximum Gasteiger partial charge on any atom is 0.375 e. The average Bonchev–Trinajstić information content (AvgIpc) is 2.46. The zero-order chi connectivity index (χ0) is 16.0. The molecule has 0 spiro atoms.